The Balaban J connectivity index is 2.13. The van der Waals surface area contributed by atoms with E-state index in [-0.39, 0.29) is 5.69 Å². The van der Waals surface area contributed by atoms with Crippen molar-refractivity contribution in [3.8, 4) is 6.07 Å². The number of nitrogens with zero attached hydrogens (tertiary/aromatic N) is 2. The number of hydrogen-bond acceptors (Lipinski definition) is 5. The minimum Gasteiger partial charge on any atom is -0.381 e. The van der Waals surface area contributed by atoms with Gasteiger partial charge >= 0.3 is 0 Å². The predicted octanol–water partition coefficient (Wildman–Crippen LogP) is 3.16. The Morgan fingerprint density at radius 1 is 1.53 bits per heavy atom. The molecule has 0 spiro atoms. The van der Waals surface area contributed by atoms with Crippen LogP contribution in [0, 0.1) is 21.4 Å². The molecule has 2 atom stereocenters. The minimum absolute atomic E-state index is 0.0458. The van der Waals surface area contributed by atoms with E-state index < -0.39 is 4.92 Å². The van der Waals surface area contributed by atoms with E-state index in [1.54, 1.807) is 6.07 Å². The number of anilines is 1. The average Bonchev–Trinajstić information content (AvgIpc) is 2.86. The summed E-state index contributed by atoms with van der Waals surface area (Å²) in [7, 11) is 0. The number of thioether (sulfide) groups is 1. The number of non-ortho nitro benzene ring substituents is 1. The molecule has 1 N–H and O–H groups in total. The van der Waals surface area contributed by atoms with Gasteiger partial charge in [0.15, 0.2) is 0 Å². The molecule has 5 nitrogen and oxygen atoms in total. The van der Waals surface area contributed by atoms with Crippen LogP contribution in [-0.4, -0.2) is 22.5 Å². The largest absolute Gasteiger partial charge is 0.381 e. The van der Waals surface area contributed by atoms with Gasteiger partial charge in [0, 0.05) is 23.4 Å². The number of nitriles is 1. The summed E-state index contributed by atoms with van der Waals surface area (Å²) in [5.74, 6) is 0. The fraction of sp³-hybridized carbons (Fsp3) is 0.462. The van der Waals surface area contributed by atoms with E-state index in [0.717, 1.165) is 12.8 Å². The van der Waals surface area contributed by atoms with Crippen LogP contribution in [0.25, 0.3) is 0 Å². The molecular weight excluding hydrogens is 262 g/mol. The molecule has 2 unspecified atom stereocenters. The molecule has 0 heterocycles. The van der Waals surface area contributed by atoms with Crippen molar-refractivity contribution in [1.82, 2.24) is 0 Å². The Hall–Kier alpha value is -1.74. The lowest BCUT2D eigenvalue weighted by Crippen LogP contribution is -2.16. The summed E-state index contributed by atoms with van der Waals surface area (Å²) in [6.45, 7) is 0. The molecule has 1 aliphatic carbocycles. The Labute approximate surface area is 116 Å². The first-order valence-electron chi connectivity index (χ1n) is 6.12. The molecular formula is C13H15N3O2S. The van der Waals surface area contributed by atoms with E-state index in [1.165, 1.54) is 18.6 Å². The molecule has 0 aromatic heterocycles. The standard InChI is InChI=1S/C13H15N3O2S/c1-19-12-4-2-10(7-12)15-13-5-3-11(16(17)18)6-9(13)8-14/h3,5-6,10,12,15H,2,4,7H2,1H3. The SMILES string of the molecule is CSC1CCC(Nc2ccc([N+](=O)[O-])cc2C#N)C1. The average molecular weight is 277 g/mol. The third-order valence-corrected chi connectivity index (χ3v) is 4.51. The van der Waals surface area contributed by atoms with Gasteiger partial charge in [-0.3, -0.25) is 10.1 Å². The maximum Gasteiger partial charge on any atom is 0.270 e. The number of nitro benzene ring substituents is 1. The zero-order chi connectivity index (χ0) is 13.8. The van der Waals surface area contributed by atoms with E-state index in [9.17, 15) is 10.1 Å². The van der Waals surface area contributed by atoms with Gasteiger partial charge in [0.05, 0.1) is 16.2 Å². The molecule has 0 radical (unpaired) electrons. The van der Waals surface area contributed by atoms with Crippen molar-refractivity contribution >= 4 is 23.1 Å². The summed E-state index contributed by atoms with van der Waals surface area (Å²) in [4.78, 5) is 10.2. The molecule has 2 rings (SSSR count). The summed E-state index contributed by atoms with van der Waals surface area (Å²) in [5.41, 5.74) is 0.983. The van der Waals surface area contributed by atoms with Crippen molar-refractivity contribution in [2.75, 3.05) is 11.6 Å². The van der Waals surface area contributed by atoms with Crippen molar-refractivity contribution in [3.63, 3.8) is 0 Å². The first kappa shape index (κ1) is 13.7. The molecule has 6 heteroatoms. The molecule has 0 aliphatic heterocycles. The van der Waals surface area contributed by atoms with Gasteiger partial charge in [-0.05, 0) is 31.6 Å². The molecule has 0 saturated heterocycles. The Kier molecular flexibility index (Phi) is 4.27. The topological polar surface area (TPSA) is 79.0 Å². The van der Waals surface area contributed by atoms with E-state index in [4.69, 9.17) is 5.26 Å². The van der Waals surface area contributed by atoms with Gasteiger partial charge in [0.2, 0.25) is 0 Å². The summed E-state index contributed by atoms with van der Waals surface area (Å²) >= 11 is 1.87. The van der Waals surface area contributed by atoms with Crippen LogP contribution in [0.2, 0.25) is 0 Å². The quantitative estimate of drug-likeness (QED) is 0.675. The van der Waals surface area contributed by atoms with Crippen molar-refractivity contribution < 1.29 is 4.92 Å². The number of hydrogen-bond donors (Lipinski definition) is 1. The number of nitro groups is 1. The van der Waals surface area contributed by atoms with Crippen LogP contribution in [0.15, 0.2) is 18.2 Å². The molecule has 1 aromatic rings. The Morgan fingerprint density at radius 2 is 2.32 bits per heavy atom. The number of rotatable bonds is 4. The first-order chi connectivity index (χ1) is 9.13. The van der Waals surface area contributed by atoms with Crippen molar-refractivity contribution in [2.45, 2.75) is 30.6 Å². The van der Waals surface area contributed by atoms with Crippen LogP contribution in [-0.2, 0) is 0 Å². The minimum atomic E-state index is -0.482. The highest BCUT2D eigenvalue weighted by Crippen LogP contribution is 2.31. The van der Waals surface area contributed by atoms with Gasteiger partial charge < -0.3 is 5.32 Å². The zero-order valence-electron chi connectivity index (χ0n) is 10.6. The van der Waals surface area contributed by atoms with Gasteiger partial charge in [-0.15, -0.1) is 0 Å². The lowest BCUT2D eigenvalue weighted by Gasteiger charge is -2.15. The number of nitrogens with one attached hydrogen (secondary N) is 1. The van der Waals surface area contributed by atoms with Crippen LogP contribution in [0.1, 0.15) is 24.8 Å². The van der Waals surface area contributed by atoms with E-state index >= 15 is 0 Å². The second-order valence-electron chi connectivity index (χ2n) is 4.61. The van der Waals surface area contributed by atoms with Gasteiger partial charge in [-0.25, -0.2) is 0 Å². The molecule has 1 aliphatic rings. The maximum atomic E-state index is 10.7. The summed E-state index contributed by atoms with van der Waals surface area (Å²) in [5, 5.41) is 23.8. The molecule has 100 valence electrons. The summed E-state index contributed by atoms with van der Waals surface area (Å²) < 4.78 is 0. The summed E-state index contributed by atoms with van der Waals surface area (Å²) in [6.07, 6.45) is 5.43. The van der Waals surface area contributed by atoms with Gasteiger partial charge in [-0.1, -0.05) is 0 Å². The van der Waals surface area contributed by atoms with Crippen LogP contribution >= 0.6 is 11.8 Å². The smallest absolute Gasteiger partial charge is 0.270 e. The van der Waals surface area contributed by atoms with E-state index in [2.05, 4.69) is 11.6 Å². The lowest BCUT2D eigenvalue weighted by atomic mass is 10.1. The molecule has 1 saturated carbocycles. The predicted molar refractivity (Wildman–Crippen MR) is 76.4 cm³/mol. The van der Waals surface area contributed by atoms with Gasteiger partial charge in [0.25, 0.3) is 5.69 Å². The highest BCUT2D eigenvalue weighted by atomic mass is 32.2. The second-order valence-corrected chi connectivity index (χ2v) is 5.75. The fourth-order valence-electron chi connectivity index (χ4n) is 2.37. The van der Waals surface area contributed by atoms with E-state index in [0.29, 0.717) is 22.5 Å². The van der Waals surface area contributed by atoms with Crippen molar-refractivity contribution in [1.29, 1.82) is 5.26 Å². The molecule has 19 heavy (non-hydrogen) atoms. The van der Waals surface area contributed by atoms with Crippen LogP contribution < -0.4 is 5.32 Å². The molecule has 1 fully saturated rings. The van der Waals surface area contributed by atoms with Crippen LogP contribution in [0.5, 0.6) is 0 Å². The molecule has 1 aromatic carbocycles. The second kappa shape index (κ2) is 5.93. The van der Waals surface area contributed by atoms with Crippen molar-refractivity contribution in [3.05, 3.63) is 33.9 Å². The molecule has 0 bridgehead atoms. The third-order valence-electron chi connectivity index (χ3n) is 3.41. The van der Waals surface area contributed by atoms with E-state index in [1.807, 2.05) is 17.8 Å². The number of benzene rings is 1. The van der Waals surface area contributed by atoms with Gasteiger partial charge in [-0.2, -0.15) is 17.0 Å². The molecule has 0 amide bonds. The lowest BCUT2D eigenvalue weighted by molar-refractivity contribution is -0.384. The highest BCUT2D eigenvalue weighted by molar-refractivity contribution is 7.99. The van der Waals surface area contributed by atoms with Gasteiger partial charge in [0.1, 0.15) is 6.07 Å². The zero-order valence-corrected chi connectivity index (χ0v) is 11.4. The summed E-state index contributed by atoms with van der Waals surface area (Å²) in [6, 6.07) is 6.76. The monoisotopic (exact) mass is 277 g/mol. The normalized spacial score (nSPS) is 21.9. The Morgan fingerprint density at radius 3 is 2.89 bits per heavy atom. The first-order valence-corrected chi connectivity index (χ1v) is 7.40. The maximum absolute atomic E-state index is 10.7. The highest BCUT2D eigenvalue weighted by Gasteiger charge is 2.24. The van der Waals surface area contributed by atoms with Crippen LogP contribution in [0.3, 0.4) is 0 Å². The Bertz CT molecular complexity index is 527. The third kappa shape index (κ3) is 3.18. The van der Waals surface area contributed by atoms with Crippen molar-refractivity contribution in [2.24, 2.45) is 0 Å². The van der Waals surface area contributed by atoms with Crippen LogP contribution in [0.4, 0.5) is 11.4 Å². The fourth-order valence-corrected chi connectivity index (χ4v) is 3.17.